The largest absolute Gasteiger partial charge is 0.360 e. The van der Waals surface area contributed by atoms with Gasteiger partial charge < -0.3 is 4.52 Å². The molecule has 0 aliphatic heterocycles. The Morgan fingerprint density at radius 1 is 1.56 bits per heavy atom. The summed E-state index contributed by atoms with van der Waals surface area (Å²) in [6.45, 7) is 5.00. The second-order valence-corrected chi connectivity index (χ2v) is 3.84. The first-order valence-corrected chi connectivity index (χ1v) is 5.16. The molecule has 52 valence electrons. The predicted octanol–water partition coefficient (Wildman–Crippen LogP) is 2.07. The minimum atomic E-state index is -0.186. The lowest BCUT2D eigenvalue weighted by molar-refractivity contribution is 0.351. The van der Waals surface area contributed by atoms with E-state index in [-0.39, 0.29) is 8.15 Å². The van der Waals surface area contributed by atoms with Crippen LogP contribution in [-0.2, 0) is 4.52 Å². The van der Waals surface area contributed by atoms with Crippen LogP contribution in [-0.4, -0.2) is 19.9 Å². The molecule has 0 amide bonds. The first kappa shape index (κ1) is 8.95. The molecular weight excluding hydrogens is 131 g/mol. The molecule has 0 fully saturated rings. The summed E-state index contributed by atoms with van der Waals surface area (Å²) >= 11 is 0. The zero-order chi connectivity index (χ0) is 7.11. The van der Waals surface area contributed by atoms with Crippen LogP contribution >= 0.6 is 8.15 Å². The van der Waals surface area contributed by atoms with E-state index in [2.05, 4.69) is 19.3 Å². The molecule has 0 aromatic carbocycles. The summed E-state index contributed by atoms with van der Waals surface area (Å²) in [6, 6.07) is 0. The average molecular weight is 144 g/mol. The third-order valence-electron chi connectivity index (χ3n) is 0.815. The molecule has 0 spiro atoms. The van der Waals surface area contributed by atoms with E-state index in [0.717, 1.165) is 19.4 Å². The average Bonchev–Trinajstić information content (AvgIpc) is 1.80. The molecule has 0 aliphatic rings. The van der Waals surface area contributed by atoms with Crippen molar-refractivity contribution >= 4 is 8.15 Å². The molecule has 0 heterocycles. The maximum absolute atomic E-state index is 5.31. The molecule has 2 heteroatoms. The van der Waals surface area contributed by atoms with Crippen LogP contribution in [0.3, 0.4) is 0 Å². The Morgan fingerprint density at radius 3 is 2.67 bits per heavy atom. The number of unbranched alkanes of at least 4 members (excludes halogenated alkanes) is 1. The molecule has 0 rings (SSSR count). The van der Waals surface area contributed by atoms with Gasteiger partial charge in [-0.3, -0.25) is 0 Å². The highest BCUT2D eigenvalue weighted by molar-refractivity contribution is 7.50. The Morgan fingerprint density at radius 2 is 2.22 bits per heavy atom. The molecule has 9 heavy (non-hydrogen) atoms. The lowest BCUT2D eigenvalue weighted by atomic mass is 10.3. The summed E-state index contributed by atoms with van der Waals surface area (Å²) in [5.74, 6) is 2.57. The van der Waals surface area contributed by atoms with Gasteiger partial charge >= 0.3 is 0 Å². The van der Waals surface area contributed by atoms with Crippen molar-refractivity contribution in [1.29, 1.82) is 0 Å². The third kappa shape index (κ3) is 7.95. The number of hydrogen-bond donors (Lipinski definition) is 0. The zero-order valence-corrected chi connectivity index (χ0v) is 6.95. The van der Waals surface area contributed by atoms with Crippen molar-refractivity contribution in [3.8, 4) is 12.3 Å². The Bertz CT molecular complexity index is 93.6. The summed E-state index contributed by atoms with van der Waals surface area (Å²) in [5.41, 5.74) is 0. The van der Waals surface area contributed by atoms with Crippen LogP contribution in [0, 0.1) is 12.3 Å². The highest BCUT2D eigenvalue weighted by Gasteiger charge is 1.89. The van der Waals surface area contributed by atoms with E-state index in [1.165, 1.54) is 0 Å². The van der Waals surface area contributed by atoms with E-state index in [0.29, 0.717) is 0 Å². The molecule has 0 aromatic rings. The van der Waals surface area contributed by atoms with Gasteiger partial charge in [0, 0.05) is 14.6 Å². The quantitative estimate of drug-likeness (QED) is 0.333. The van der Waals surface area contributed by atoms with Crippen LogP contribution in [0.4, 0.5) is 0 Å². The van der Waals surface area contributed by atoms with Gasteiger partial charge in [0.25, 0.3) is 0 Å². The maximum atomic E-state index is 5.31. The lowest BCUT2D eigenvalue weighted by Gasteiger charge is -2.04. The van der Waals surface area contributed by atoms with E-state index < -0.39 is 0 Å². The molecule has 0 N–H and O–H groups in total. The van der Waals surface area contributed by atoms with Crippen LogP contribution in [0.2, 0.25) is 0 Å². The van der Waals surface area contributed by atoms with E-state index in [1.54, 1.807) is 0 Å². The normalized spacial score (nSPS) is 9.56. The first-order chi connectivity index (χ1) is 4.27. The van der Waals surface area contributed by atoms with Crippen LogP contribution in [0.5, 0.6) is 0 Å². The van der Waals surface area contributed by atoms with E-state index in [1.807, 2.05) is 0 Å². The molecular formula is C7H13OP. The molecule has 0 saturated heterocycles. The first-order valence-electron chi connectivity index (χ1n) is 3.01. The second kappa shape index (κ2) is 6.08. The molecule has 1 nitrogen and oxygen atoms in total. The molecule has 0 bridgehead atoms. The fourth-order valence-electron chi connectivity index (χ4n) is 0.421. The molecule has 0 unspecified atom stereocenters. The van der Waals surface area contributed by atoms with E-state index in [9.17, 15) is 0 Å². The van der Waals surface area contributed by atoms with Crippen LogP contribution in [0.1, 0.15) is 12.8 Å². The van der Waals surface area contributed by atoms with Gasteiger partial charge in [0.15, 0.2) is 0 Å². The highest BCUT2D eigenvalue weighted by atomic mass is 31.1. The van der Waals surface area contributed by atoms with Crippen LogP contribution in [0.25, 0.3) is 0 Å². The van der Waals surface area contributed by atoms with Crippen molar-refractivity contribution < 1.29 is 4.52 Å². The minimum absolute atomic E-state index is 0.186. The Kier molecular flexibility index (Phi) is 6.04. The lowest BCUT2D eigenvalue weighted by Crippen LogP contribution is -1.86. The standard InChI is InChI=1S/C7H13OP/c1-4-5-6-7-8-9(2)3/h1H,5-7H2,2-3H3. The van der Waals surface area contributed by atoms with Gasteiger partial charge in [0.1, 0.15) is 0 Å². The molecule has 0 aliphatic carbocycles. The van der Waals surface area contributed by atoms with Gasteiger partial charge in [-0.05, 0) is 19.8 Å². The van der Waals surface area contributed by atoms with Gasteiger partial charge in [-0.25, -0.2) is 0 Å². The number of terminal acetylenes is 1. The fourth-order valence-corrected chi connectivity index (χ4v) is 0.916. The summed E-state index contributed by atoms with van der Waals surface area (Å²) < 4.78 is 5.31. The monoisotopic (exact) mass is 144 g/mol. The third-order valence-corrected chi connectivity index (χ3v) is 1.51. The predicted molar refractivity (Wildman–Crippen MR) is 42.8 cm³/mol. The SMILES string of the molecule is C#CCCCOP(C)C. The Labute approximate surface area is 58.6 Å². The summed E-state index contributed by atoms with van der Waals surface area (Å²) in [6.07, 6.45) is 6.88. The number of rotatable bonds is 4. The van der Waals surface area contributed by atoms with Gasteiger partial charge in [0.05, 0.1) is 6.61 Å². The smallest absolute Gasteiger partial charge is 0.0517 e. The van der Waals surface area contributed by atoms with Gasteiger partial charge in [0.2, 0.25) is 0 Å². The van der Waals surface area contributed by atoms with Crippen molar-refractivity contribution in [3.05, 3.63) is 0 Å². The van der Waals surface area contributed by atoms with Crippen molar-refractivity contribution in [3.63, 3.8) is 0 Å². The molecule has 0 atom stereocenters. The topological polar surface area (TPSA) is 9.23 Å². The van der Waals surface area contributed by atoms with Crippen molar-refractivity contribution in [2.45, 2.75) is 12.8 Å². The van der Waals surface area contributed by atoms with E-state index >= 15 is 0 Å². The van der Waals surface area contributed by atoms with Gasteiger partial charge in [-0.15, -0.1) is 12.3 Å². The zero-order valence-electron chi connectivity index (χ0n) is 6.05. The summed E-state index contributed by atoms with van der Waals surface area (Å²) in [7, 11) is -0.186. The van der Waals surface area contributed by atoms with Crippen LogP contribution < -0.4 is 0 Å². The highest BCUT2D eigenvalue weighted by Crippen LogP contribution is 2.25. The Hall–Kier alpha value is -0.0500. The Balaban J connectivity index is 2.85. The van der Waals surface area contributed by atoms with Crippen LogP contribution in [0.15, 0.2) is 0 Å². The van der Waals surface area contributed by atoms with Crippen molar-refractivity contribution in [2.24, 2.45) is 0 Å². The summed E-state index contributed by atoms with van der Waals surface area (Å²) in [4.78, 5) is 0. The van der Waals surface area contributed by atoms with Gasteiger partial charge in [-0.2, -0.15) is 0 Å². The minimum Gasteiger partial charge on any atom is -0.360 e. The molecule has 0 aromatic heterocycles. The van der Waals surface area contributed by atoms with E-state index in [4.69, 9.17) is 10.9 Å². The second-order valence-electron chi connectivity index (χ2n) is 1.95. The number of hydrogen-bond acceptors (Lipinski definition) is 1. The van der Waals surface area contributed by atoms with Crippen molar-refractivity contribution in [1.82, 2.24) is 0 Å². The maximum Gasteiger partial charge on any atom is 0.0517 e. The van der Waals surface area contributed by atoms with Gasteiger partial charge in [-0.1, -0.05) is 0 Å². The molecule has 0 radical (unpaired) electrons. The summed E-state index contributed by atoms with van der Waals surface area (Å²) in [5, 5.41) is 0. The molecule has 0 saturated carbocycles. The fraction of sp³-hybridized carbons (Fsp3) is 0.714. The van der Waals surface area contributed by atoms with Crippen molar-refractivity contribution in [2.75, 3.05) is 19.9 Å².